The molecule has 4 aromatic carbocycles. The number of fused-ring (bicyclic) bond motifs is 1. The molecule has 7 nitrogen and oxygen atoms in total. The number of rotatable bonds is 10. The summed E-state index contributed by atoms with van der Waals surface area (Å²) < 4.78 is 15.6. The zero-order chi connectivity index (χ0) is 35.1. The van der Waals surface area contributed by atoms with Crippen molar-refractivity contribution in [3.05, 3.63) is 119 Å². The molecule has 5 fully saturated rings. The number of hydrogen-bond donors (Lipinski definition) is 3. The fourth-order valence-electron chi connectivity index (χ4n) is 9.56. The van der Waals surface area contributed by atoms with Gasteiger partial charge < -0.3 is 25.2 Å². The second-order valence-corrected chi connectivity index (χ2v) is 17.7. The molecular weight excluding hydrogens is 687 g/mol. The van der Waals surface area contributed by atoms with E-state index in [2.05, 4.69) is 89.5 Å². The average molecular weight is 732 g/mol. The first kappa shape index (κ1) is 34.1. The van der Waals surface area contributed by atoms with Gasteiger partial charge in [-0.1, -0.05) is 84.6 Å². The lowest BCUT2D eigenvalue weighted by molar-refractivity contribution is -0.245. The van der Waals surface area contributed by atoms with Crippen LogP contribution in [0.15, 0.2) is 101 Å². The minimum Gasteiger partial charge on any atom is -0.392 e. The number of carbonyl (C=O) groups excluding carboxylic acids is 1. The van der Waals surface area contributed by atoms with Crippen molar-refractivity contribution in [2.75, 3.05) is 5.75 Å². The number of hydrogen-bond acceptors (Lipinski definition) is 7. The number of thiazole rings is 1. The highest BCUT2D eigenvalue weighted by Gasteiger charge is 2.51. The van der Waals surface area contributed by atoms with Crippen molar-refractivity contribution in [3.8, 4) is 11.1 Å². The summed E-state index contributed by atoms with van der Waals surface area (Å²) >= 11 is 3.45. The molecule has 5 aliphatic rings. The Morgan fingerprint density at radius 2 is 1.54 bits per heavy atom. The molecule has 1 aromatic heterocycles. The number of carbonyl (C=O) groups is 1. The minimum absolute atomic E-state index is 0.000533. The molecule has 9 heteroatoms. The molecule has 2 amide bonds. The second kappa shape index (κ2) is 14.6. The molecule has 3 N–H and O–H groups in total. The molecule has 52 heavy (non-hydrogen) atoms. The zero-order valence-electron chi connectivity index (χ0n) is 29.2. The number of aliphatic hydroxyl groups is 1. The summed E-state index contributed by atoms with van der Waals surface area (Å²) in [5.41, 5.74) is 7.15. The quantitative estimate of drug-likeness (QED) is 0.124. The average Bonchev–Trinajstić information content (AvgIpc) is 3.59. The van der Waals surface area contributed by atoms with Crippen LogP contribution in [0.5, 0.6) is 0 Å². The summed E-state index contributed by atoms with van der Waals surface area (Å²) in [6.45, 7) is 0.489. The Morgan fingerprint density at radius 3 is 2.29 bits per heavy atom. The van der Waals surface area contributed by atoms with Crippen LogP contribution in [0.4, 0.5) is 4.79 Å². The van der Waals surface area contributed by atoms with E-state index in [1.165, 1.54) is 24.0 Å². The Hall–Kier alpha value is -3.73. The SMILES string of the molecule is O=C(NCc1cccc(-c2cccc([C@@H]3O[C@H](CSc4nc5ccccc5s4)C[C@H](c4ccc(CO)cc4)O3)c2)c1)NC12CC3CC(CC(C3)C1)C2. The van der Waals surface area contributed by atoms with Crippen LogP contribution in [0.1, 0.15) is 79.6 Å². The number of ether oxygens (including phenoxy) is 2. The van der Waals surface area contributed by atoms with Gasteiger partial charge in [-0.3, -0.25) is 0 Å². The van der Waals surface area contributed by atoms with E-state index in [1.54, 1.807) is 23.1 Å². The molecule has 1 aliphatic heterocycles. The van der Waals surface area contributed by atoms with Gasteiger partial charge in [-0.05, 0) is 108 Å². The van der Waals surface area contributed by atoms with Gasteiger partial charge in [0.05, 0.1) is 29.0 Å². The van der Waals surface area contributed by atoms with Crippen molar-refractivity contribution >= 4 is 39.3 Å². The molecule has 0 spiro atoms. The van der Waals surface area contributed by atoms with Gasteiger partial charge in [0.1, 0.15) is 0 Å². The number of thioether (sulfide) groups is 1. The van der Waals surface area contributed by atoms with Crippen LogP contribution in [0, 0.1) is 17.8 Å². The normalized spacial score (nSPS) is 27.9. The van der Waals surface area contributed by atoms with Gasteiger partial charge in [-0.2, -0.15) is 0 Å². The Kier molecular flexibility index (Phi) is 9.56. The summed E-state index contributed by atoms with van der Waals surface area (Å²) in [5, 5.41) is 16.2. The molecule has 0 radical (unpaired) electrons. The van der Waals surface area contributed by atoms with Crippen LogP contribution < -0.4 is 10.6 Å². The lowest BCUT2D eigenvalue weighted by atomic mass is 9.53. The van der Waals surface area contributed by atoms with Crippen LogP contribution in [0.25, 0.3) is 21.3 Å². The maximum atomic E-state index is 13.2. The molecule has 4 aliphatic carbocycles. The molecule has 4 saturated carbocycles. The van der Waals surface area contributed by atoms with Gasteiger partial charge in [0.15, 0.2) is 10.6 Å². The monoisotopic (exact) mass is 731 g/mol. The van der Waals surface area contributed by atoms with E-state index in [1.807, 2.05) is 18.2 Å². The molecule has 1 saturated heterocycles. The molecule has 3 atom stereocenters. The number of aromatic nitrogens is 1. The Labute approximate surface area is 313 Å². The number of nitrogens with zero attached hydrogens (tertiary/aromatic N) is 1. The number of amides is 2. The van der Waals surface area contributed by atoms with E-state index < -0.39 is 6.29 Å². The fourth-order valence-corrected chi connectivity index (χ4v) is 11.7. The summed E-state index contributed by atoms with van der Waals surface area (Å²) in [4.78, 5) is 18.0. The zero-order valence-corrected chi connectivity index (χ0v) is 30.8. The van der Waals surface area contributed by atoms with E-state index >= 15 is 0 Å². The molecule has 0 unspecified atom stereocenters. The number of aliphatic hydroxyl groups excluding tert-OH is 1. The first-order valence-corrected chi connectivity index (χ1v) is 20.5. The number of benzene rings is 4. The van der Waals surface area contributed by atoms with Gasteiger partial charge in [-0.15, -0.1) is 11.3 Å². The highest BCUT2D eigenvalue weighted by Crippen LogP contribution is 2.55. The van der Waals surface area contributed by atoms with Crippen molar-refractivity contribution < 1.29 is 19.4 Å². The number of nitrogens with one attached hydrogen (secondary N) is 2. The maximum absolute atomic E-state index is 13.2. The number of para-hydroxylation sites is 1. The van der Waals surface area contributed by atoms with Crippen LogP contribution in [0.3, 0.4) is 0 Å². The third-order valence-corrected chi connectivity index (χ3v) is 13.9. The van der Waals surface area contributed by atoms with Gasteiger partial charge in [0.2, 0.25) is 0 Å². The lowest BCUT2D eigenvalue weighted by Crippen LogP contribution is -2.61. The van der Waals surface area contributed by atoms with E-state index in [0.717, 1.165) is 92.4 Å². The molecular formula is C43H45N3O4S2. The van der Waals surface area contributed by atoms with Gasteiger partial charge in [0.25, 0.3) is 0 Å². The maximum Gasteiger partial charge on any atom is 0.315 e. The molecule has 5 aromatic rings. The standard InChI is InChI=1S/C43H45N3O4S2/c47-25-27-11-13-32(14-12-27)38-20-36(26-51-42-45-37-9-1-2-10-39(37)52-42)49-40(50-38)35-8-4-7-34(19-35)33-6-3-5-28(18-33)24-44-41(48)46-43-21-29-15-30(22-43)17-31(16-29)23-43/h1-14,18-19,29-31,36,38,40,47H,15-17,20-26H2,(H2,44,46,48)/t29?,30?,31?,36-,38+,40+,43?/m0/s1. The van der Waals surface area contributed by atoms with Crippen molar-refractivity contribution in [3.63, 3.8) is 0 Å². The Balaban J connectivity index is 0.890. The minimum atomic E-state index is -0.546. The predicted octanol–water partition coefficient (Wildman–Crippen LogP) is 9.56. The molecule has 268 valence electrons. The third kappa shape index (κ3) is 7.39. The highest BCUT2D eigenvalue weighted by atomic mass is 32.2. The fraction of sp³-hybridized carbons (Fsp3) is 0.395. The van der Waals surface area contributed by atoms with Crippen molar-refractivity contribution in [2.24, 2.45) is 17.8 Å². The van der Waals surface area contributed by atoms with E-state index in [-0.39, 0.29) is 30.4 Å². The lowest BCUT2D eigenvalue weighted by Gasteiger charge is -2.56. The first-order chi connectivity index (χ1) is 25.5. The van der Waals surface area contributed by atoms with E-state index in [4.69, 9.17) is 14.5 Å². The summed E-state index contributed by atoms with van der Waals surface area (Å²) in [6, 6.07) is 33.1. The van der Waals surface area contributed by atoms with Gasteiger partial charge in [-0.25, -0.2) is 9.78 Å². The first-order valence-electron chi connectivity index (χ1n) is 18.7. The molecule has 4 bridgehead atoms. The van der Waals surface area contributed by atoms with Crippen molar-refractivity contribution in [1.82, 2.24) is 15.6 Å². The van der Waals surface area contributed by atoms with Crippen molar-refractivity contribution in [1.29, 1.82) is 0 Å². The predicted molar refractivity (Wildman–Crippen MR) is 207 cm³/mol. The van der Waals surface area contributed by atoms with Crippen molar-refractivity contribution in [2.45, 2.75) is 86.5 Å². The third-order valence-electron chi connectivity index (χ3n) is 11.6. The van der Waals surface area contributed by atoms with Crippen LogP contribution in [-0.4, -0.2) is 33.5 Å². The highest BCUT2D eigenvalue weighted by molar-refractivity contribution is 8.01. The summed E-state index contributed by atoms with van der Waals surface area (Å²) in [5.74, 6) is 3.14. The topological polar surface area (TPSA) is 92.7 Å². The molecule has 2 heterocycles. The van der Waals surface area contributed by atoms with Crippen LogP contribution in [-0.2, 0) is 22.6 Å². The van der Waals surface area contributed by atoms with Crippen LogP contribution >= 0.6 is 23.1 Å². The summed E-state index contributed by atoms with van der Waals surface area (Å²) in [7, 11) is 0. The Bertz CT molecular complexity index is 1980. The van der Waals surface area contributed by atoms with Gasteiger partial charge >= 0.3 is 6.03 Å². The van der Waals surface area contributed by atoms with E-state index in [0.29, 0.717) is 6.54 Å². The Morgan fingerprint density at radius 1 is 0.808 bits per heavy atom. The number of urea groups is 1. The van der Waals surface area contributed by atoms with Crippen LogP contribution in [0.2, 0.25) is 0 Å². The largest absolute Gasteiger partial charge is 0.392 e. The molecule has 10 rings (SSSR count). The van der Waals surface area contributed by atoms with Gasteiger partial charge in [0, 0.05) is 29.8 Å². The smallest absolute Gasteiger partial charge is 0.315 e. The van der Waals surface area contributed by atoms with E-state index in [9.17, 15) is 9.90 Å². The summed E-state index contributed by atoms with van der Waals surface area (Å²) in [6.07, 6.45) is 7.48. The second-order valence-electron chi connectivity index (χ2n) is 15.4.